The molecule has 0 spiro atoms. The molecule has 2 aromatic rings. The fourth-order valence-corrected chi connectivity index (χ4v) is 2.98. The van der Waals surface area contributed by atoms with Gasteiger partial charge in [0.1, 0.15) is 0 Å². The molecule has 3 rings (SSSR count). The lowest BCUT2D eigenvalue weighted by Gasteiger charge is -2.35. The molecule has 23 heavy (non-hydrogen) atoms. The first kappa shape index (κ1) is 15.5. The number of hydrogen-bond acceptors (Lipinski definition) is 3. The molecule has 1 heterocycles. The Labute approximate surface area is 134 Å². The van der Waals surface area contributed by atoms with E-state index >= 15 is 0 Å². The maximum Gasteiger partial charge on any atom is 0.305 e. The van der Waals surface area contributed by atoms with Gasteiger partial charge < -0.3 is 14.7 Å². The second-order valence-corrected chi connectivity index (χ2v) is 5.77. The van der Waals surface area contributed by atoms with Gasteiger partial charge in [0.15, 0.2) is 0 Å². The van der Waals surface area contributed by atoms with Crippen LogP contribution < -0.4 is 0 Å². The first-order chi connectivity index (χ1) is 11.1. The lowest BCUT2D eigenvalue weighted by Crippen LogP contribution is -2.50. The molecule has 5 heteroatoms. The van der Waals surface area contributed by atoms with E-state index in [0.717, 1.165) is 16.3 Å². The molecule has 1 aliphatic rings. The van der Waals surface area contributed by atoms with Crippen molar-refractivity contribution in [1.82, 2.24) is 4.90 Å². The Morgan fingerprint density at radius 2 is 1.96 bits per heavy atom. The number of fused-ring (bicyclic) bond motifs is 1. The van der Waals surface area contributed by atoms with Crippen molar-refractivity contribution >= 4 is 22.6 Å². The summed E-state index contributed by atoms with van der Waals surface area (Å²) in [6.07, 6.45) is 0.199. The molecule has 1 N–H and O–H groups in total. The van der Waals surface area contributed by atoms with Gasteiger partial charge >= 0.3 is 5.97 Å². The molecule has 0 radical (unpaired) electrons. The van der Waals surface area contributed by atoms with Gasteiger partial charge in [-0.25, -0.2) is 0 Å². The predicted molar refractivity (Wildman–Crippen MR) is 86.2 cm³/mol. The third-order valence-electron chi connectivity index (χ3n) is 4.13. The van der Waals surface area contributed by atoms with Gasteiger partial charge in [-0.05, 0) is 16.3 Å². The lowest BCUT2D eigenvalue weighted by atomic mass is 10.0. The summed E-state index contributed by atoms with van der Waals surface area (Å²) in [6, 6.07) is 13.6. The zero-order valence-corrected chi connectivity index (χ0v) is 12.8. The quantitative estimate of drug-likeness (QED) is 0.938. The van der Waals surface area contributed by atoms with Crippen LogP contribution in [-0.2, 0) is 20.7 Å². The van der Waals surface area contributed by atoms with Gasteiger partial charge in [0.05, 0.1) is 32.1 Å². The van der Waals surface area contributed by atoms with Crippen LogP contribution in [0.1, 0.15) is 12.0 Å². The van der Waals surface area contributed by atoms with Gasteiger partial charge in [-0.3, -0.25) is 9.59 Å². The predicted octanol–water partition coefficient (Wildman–Crippen LogP) is 2.08. The highest BCUT2D eigenvalue weighted by molar-refractivity contribution is 5.85. The Morgan fingerprint density at radius 1 is 1.17 bits per heavy atom. The zero-order valence-electron chi connectivity index (χ0n) is 12.8. The van der Waals surface area contributed by atoms with Crippen molar-refractivity contribution < 1.29 is 19.4 Å². The summed E-state index contributed by atoms with van der Waals surface area (Å²) < 4.78 is 5.31. The van der Waals surface area contributed by atoms with Gasteiger partial charge in [0.2, 0.25) is 5.91 Å². The van der Waals surface area contributed by atoms with Crippen LogP contribution in [0, 0.1) is 0 Å². The molecule has 1 atom stereocenters. The normalized spacial score (nSPS) is 18.1. The van der Waals surface area contributed by atoms with E-state index in [2.05, 4.69) is 0 Å². The Morgan fingerprint density at radius 3 is 2.74 bits per heavy atom. The number of nitrogens with zero attached hydrogens (tertiary/aromatic N) is 1. The summed E-state index contributed by atoms with van der Waals surface area (Å²) in [5.41, 5.74) is 0.939. The number of amides is 1. The van der Waals surface area contributed by atoms with E-state index in [4.69, 9.17) is 9.84 Å². The number of carboxylic acid groups (broad SMARTS) is 1. The van der Waals surface area contributed by atoms with Crippen molar-refractivity contribution in [3.8, 4) is 0 Å². The number of carbonyl (C=O) groups is 2. The first-order valence-corrected chi connectivity index (χ1v) is 7.70. The summed E-state index contributed by atoms with van der Waals surface area (Å²) in [5, 5.41) is 11.2. The smallest absolute Gasteiger partial charge is 0.305 e. The van der Waals surface area contributed by atoms with Crippen LogP contribution in [0.3, 0.4) is 0 Å². The number of rotatable bonds is 4. The SMILES string of the molecule is O=C(O)C[C@H]1COCCN1C(=O)Cc1ccc2ccccc2c1. The highest BCUT2D eigenvalue weighted by atomic mass is 16.5. The van der Waals surface area contributed by atoms with Crippen LogP contribution in [0.5, 0.6) is 0 Å². The number of aliphatic carboxylic acids is 1. The highest BCUT2D eigenvalue weighted by Gasteiger charge is 2.28. The van der Waals surface area contributed by atoms with Crippen molar-refractivity contribution in [1.29, 1.82) is 0 Å². The third-order valence-corrected chi connectivity index (χ3v) is 4.13. The number of carboxylic acids is 1. The van der Waals surface area contributed by atoms with E-state index in [1.54, 1.807) is 4.90 Å². The minimum absolute atomic E-state index is 0.0465. The third kappa shape index (κ3) is 3.68. The van der Waals surface area contributed by atoms with Gasteiger partial charge in [0, 0.05) is 6.54 Å². The zero-order chi connectivity index (χ0) is 16.2. The number of carbonyl (C=O) groups excluding carboxylic acids is 1. The van der Waals surface area contributed by atoms with Gasteiger partial charge in [-0.1, -0.05) is 42.5 Å². The number of morpholine rings is 1. The second-order valence-electron chi connectivity index (χ2n) is 5.77. The van der Waals surface area contributed by atoms with Crippen LogP contribution in [0.2, 0.25) is 0 Å². The Balaban J connectivity index is 1.74. The Kier molecular flexibility index (Phi) is 4.57. The van der Waals surface area contributed by atoms with E-state index < -0.39 is 5.97 Å². The molecule has 5 nitrogen and oxygen atoms in total. The van der Waals surface area contributed by atoms with Gasteiger partial charge in [-0.2, -0.15) is 0 Å². The Bertz CT molecular complexity index is 728. The molecule has 0 aliphatic carbocycles. The number of ether oxygens (including phenoxy) is 1. The molecule has 1 amide bonds. The molecule has 0 bridgehead atoms. The largest absolute Gasteiger partial charge is 0.481 e. The van der Waals surface area contributed by atoms with Crippen LogP contribution in [-0.4, -0.2) is 47.7 Å². The summed E-state index contributed by atoms with van der Waals surface area (Å²) in [6.45, 7) is 1.19. The monoisotopic (exact) mass is 313 g/mol. The summed E-state index contributed by atoms with van der Waals surface area (Å²) in [7, 11) is 0. The van der Waals surface area contributed by atoms with Crippen LogP contribution >= 0.6 is 0 Å². The molecule has 2 aromatic carbocycles. The van der Waals surface area contributed by atoms with Crippen molar-refractivity contribution in [2.75, 3.05) is 19.8 Å². The maximum absolute atomic E-state index is 12.6. The van der Waals surface area contributed by atoms with Gasteiger partial charge in [-0.15, -0.1) is 0 Å². The molecule has 0 unspecified atom stereocenters. The summed E-state index contributed by atoms with van der Waals surface area (Å²) in [4.78, 5) is 25.2. The van der Waals surface area contributed by atoms with Crippen LogP contribution in [0.15, 0.2) is 42.5 Å². The molecule has 120 valence electrons. The topological polar surface area (TPSA) is 66.8 Å². The van der Waals surface area contributed by atoms with Crippen molar-refractivity contribution in [2.24, 2.45) is 0 Å². The van der Waals surface area contributed by atoms with E-state index in [9.17, 15) is 9.59 Å². The Hall–Kier alpha value is -2.40. The molecule has 1 saturated heterocycles. The van der Waals surface area contributed by atoms with E-state index in [0.29, 0.717) is 13.2 Å². The highest BCUT2D eigenvalue weighted by Crippen LogP contribution is 2.18. The molecule has 0 saturated carbocycles. The van der Waals surface area contributed by atoms with Crippen molar-refractivity contribution in [2.45, 2.75) is 18.9 Å². The van der Waals surface area contributed by atoms with Crippen LogP contribution in [0.25, 0.3) is 10.8 Å². The number of benzene rings is 2. The lowest BCUT2D eigenvalue weighted by molar-refractivity contribution is -0.145. The minimum atomic E-state index is -0.913. The summed E-state index contributed by atoms with van der Waals surface area (Å²) >= 11 is 0. The van der Waals surface area contributed by atoms with Crippen molar-refractivity contribution in [3.05, 3.63) is 48.0 Å². The first-order valence-electron chi connectivity index (χ1n) is 7.70. The number of hydrogen-bond donors (Lipinski definition) is 1. The van der Waals surface area contributed by atoms with Crippen molar-refractivity contribution in [3.63, 3.8) is 0 Å². The fraction of sp³-hybridized carbons (Fsp3) is 0.333. The molecule has 0 aromatic heterocycles. The molecule has 1 aliphatic heterocycles. The average Bonchev–Trinajstić information content (AvgIpc) is 2.54. The molecule has 1 fully saturated rings. The van der Waals surface area contributed by atoms with E-state index in [-0.39, 0.29) is 31.4 Å². The molecular weight excluding hydrogens is 294 g/mol. The average molecular weight is 313 g/mol. The minimum Gasteiger partial charge on any atom is -0.481 e. The van der Waals surface area contributed by atoms with Gasteiger partial charge in [0.25, 0.3) is 0 Å². The van der Waals surface area contributed by atoms with Crippen LogP contribution in [0.4, 0.5) is 0 Å². The van der Waals surface area contributed by atoms with E-state index in [1.165, 1.54) is 0 Å². The molecular formula is C18H19NO4. The second kappa shape index (κ2) is 6.79. The van der Waals surface area contributed by atoms with E-state index in [1.807, 2.05) is 42.5 Å². The summed E-state index contributed by atoms with van der Waals surface area (Å²) in [5.74, 6) is -0.959. The maximum atomic E-state index is 12.6. The fourth-order valence-electron chi connectivity index (χ4n) is 2.98. The standard InChI is InChI=1S/C18H19NO4/c20-17(19-7-8-23-12-16(19)11-18(21)22)10-13-5-6-14-3-1-2-4-15(14)9-13/h1-6,9,16H,7-8,10-12H2,(H,21,22)/t16-/m0/s1.